The molecule has 0 saturated heterocycles. The number of halogens is 1. The van der Waals surface area contributed by atoms with E-state index in [9.17, 15) is 4.39 Å². The molecule has 0 amide bonds. The third-order valence-corrected chi connectivity index (χ3v) is 3.04. The van der Waals surface area contributed by atoms with Crippen molar-refractivity contribution in [2.75, 3.05) is 0 Å². The maximum atomic E-state index is 13.9. The Morgan fingerprint density at radius 1 is 1.40 bits per heavy atom. The first kappa shape index (κ1) is 12.7. The summed E-state index contributed by atoms with van der Waals surface area (Å²) >= 11 is 0. The van der Waals surface area contributed by atoms with Gasteiger partial charge in [-0.2, -0.15) is 0 Å². The molecular weight excluding hydrogens is 261 g/mol. The second-order valence-corrected chi connectivity index (χ2v) is 4.56. The van der Waals surface area contributed by atoms with E-state index in [2.05, 4.69) is 15.7 Å². The molecule has 0 fully saturated rings. The first-order chi connectivity index (χ1) is 9.65. The number of H-pyrrole nitrogens is 1. The fourth-order valence-electron chi connectivity index (χ4n) is 2.06. The summed E-state index contributed by atoms with van der Waals surface area (Å²) in [7, 11) is 0. The van der Waals surface area contributed by atoms with Crippen LogP contribution in [0, 0.1) is 12.7 Å². The molecule has 2 aromatic heterocycles. The Kier molecular flexibility index (Phi) is 3.15. The minimum Gasteiger partial charge on any atom is -0.484 e. The van der Waals surface area contributed by atoms with Crippen LogP contribution in [-0.4, -0.2) is 9.97 Å². The van der Waals surface area contributed by atoms with E-state index in [0.29, 0.717) is 18.1 Å². The van der Waals surface area contributed by atoms with Gasteiger partial charge in [0.1, 0.15) is 25.1 Å². The van der Waals surface area contributed by atoms with E-state index >= 15 is 0 Å². The monoisotopic (exact) mass is 276 g/mol. The number of oxazole rings is 1. The van der Waals surface area contributed by atoms with E-state index in [1.807, 2.05) is 6.07 Å². The maximum Gasteiger partial charge on any atom is 0.191 e. The Bertz CT molecular complexity index is 748. The predicted molar refractivity (Wildman–Crippen MR) is 70.4 cm³/mol. The minimum absolute atomic E-state index is 0.169. The van der Waals surface area contributed by atoms with Crippen LogP contribution in [0.4, 0.5) is 4.39 Å². The molecule has 4 N–H and O–H groups in total. The van der Waals surface area contributed by atoms with Gasteiger partial charge in [-0.05, 0) is 12.1 Å². The van der Waals surface area contributed by atoms with Crippen LogP contribution in [0.25, 0.3) is 10.9 Å². The topological polar surface area (TPSA) is 78.7 Å². The quantitative estimate of drug-likeness (QED) is 0.764. The van der Waals surface area contributed by atoms with Gasteiger partial charge in [0.15, 0.2) is 17.5 Å². The molecular formula is C14H15FN3O2+. The van der Waals surface area contributed by atoms with E-state index in [4.69, 9.17) is 9.15 Å². The SMILES string of the molecule is Cc1nc(COc2cc3[nH]c(C[NH3+])cc3cc2F)co1. The number of rotatable bonds is 4. The molecule has 20 heavy (non-hydrogen) atoms. The third-order valence-electron chi connectivity index (χ3n) is 3.04. The molecule has 1 aromatic carbocycles. The zero-order chi connectivity index (χ0) is 14.1. The average molecular weight is 276 g/mol. The summed E-state index contributed by atoms with van der Waals surface area (Å²) in [5.41, 5.74) is 6.22. The van der Waals surface area contributed by atoms with E-state index in [1.54, 1.807) is 13.0 Å². The molecule has 0 atom stereocenters. The van der Waals surface area contributed by atoms with Gasteiger partial charge >= 0.3 is 0 Å². The van der Waals surface area contributed by atoms with Gasteiger partial charge in [0.25, 0.3) is 0 Å². The highest BCUT2D eigenvalue weighted by atomic mass is 19.1. The smallest absolute Gasteiger partial charge is 0.191 e. The van der Waals surface area contributed by atoms with Crippen molar-refractivity contribution >= 4 is 10.9 Å². The highest BCUT2D eigenvalue weighted by Crippen LogP contribution is 2.25. The Labute approximate surface area is 114 Å². The first-order valence-corrected chi connectivity index (χ1v) is 6.30. The lowest BCUT2D eigenvalue weighted by molar-refractivity contribution is -0.387. The molecule has 0 aliphatic heterocycles. The number of nitrogens with zero attached hydrogens (tertiary/aromatic N) is 1. The van der Waals surface area contributed by atoms with Crippen molar-refractivity contribution in [3.05, 3.63) is 47.6 Å². The second-order valence-electron chi connectivity index (χ2n) is 4.56. The van der Waals surface area contributed by atoms with E-state index in [-0.39, 0.29) is 12.4 Å². The van der Waals surface area contributed by atoms with Gasteiger partial charge in [-0.3, -0.25) is 0 Å². The molecule has 0 spiro atoms. The number of fused-ring (bicyclic) bond motifs is 1. The molecule has 0 aliphatic rings. The number of aromatic nitrogens is 2. The Morgan fingerprint density at radius 2 is 2.25 bits per heavy atom. The number of benzene rings is 1. The van der Waals surface area contributed by atoms with Crippen LogP contribution in [0.5, 0.6) is 5.75 Å². The highest BCUT2D eigenvalue weighted by Gasteiger charge is 2.10. The molecule has 0 unspecified atom stereocenters. The van der Waals surface area contributed by atoms with Crippen molar-refractivity contribution in [3.8, 4) is 5.75 Å². The average Bonchev–Trinajstić information content (AvgIpc) is 3.01. The predicted octanol–water partition coefficient (Wildman–Crippen LogP) is 1.92. The van der Waals surface area contributed by atoms with Crippen LogP contribution < -0.4 is 10.5 Å². The van der Waals surface area contributed by atoms with Crippen molar-refractivity contribution < 1.29 is 19.3 Å². The standard InChI is InChI=1S/C14H14FN3O2/c1-8-17-11(6-19-8)7-20-14-4-13-9(3-12(14)15)2-10(5-16)18-13/h2-4,6,18H,5,7,16H2,1H3/p+1. The maximum absolute atomic E-state index is 13.9. The van der Waals surface area contributed by atoms with Gasteiger partial charge in [-0.25, -0.2) is 9.37 Å². The molecule has 104 valence electrons. The van der Waals surface area contributed by atoms with Gasteiger partial charge in [0.2, 0.25) is 0 Å². The normalized spacial score (nSPS) is 11.2. The molecule has 0 bridgehead atoms. The molecule has 5 nitrogen and oxygen atoms in total. The molecule has 3 rings (SSSR count). The third kappa shape index (κ3) is 2.37. The van der Waals surface area contributed by atoms with E-state index < -0.39 is 5.82 Å². The summed E-state index contributed by atoms with van der Waals surface area (Å²) in [4.78, 5) is 7.28. The number of hydrogen-bond acceptors (Lipinski definition) is 3. The fraction of sp³-hybridized carbons (Fsp3) is 0.214. The lowest BCUT2D eigenvalue weighted by Crippen LogP contribution is -2.47. The fourth-order valence-corrected chi connectivity index (χ4v) is 2.06. The highest BCUT2D eigenvalue weighted by molar-refractivity contribution is 5.82. The van der Waals surface area contributed by atoms with Gasteiger partial charge in [0, 0.05) is 23.9 Å². The van der Waals surface area contributed by atoms with Crippen molar-refractivity contribution in [1.29, 1.82) is 0 Å². The van der Waals surface area contributed by atoms with Crippen LogP contribution in [0.1, 0.15) is 17.3 Å². The van der Waals surface area contributed by atoms with Crippen LogP contribution in [0.2, 0.25) is 0 Å². The van der Waals surface area contributed by atoms with Crippen molar-refractivity contribution in [2.24, 2.45) is 0 Å². The van der Waals surface area contributed by atoms with Crippen LogP contribution in [0.3, 0.4) is 0 Å². The lowest BCUT2D eigenvalue weighted by Gasteiger charge is -2.05. The summed E-state index contributed by atoms with van der Waals surface area (Å²) in [5.74, 6) is 0.354. The minimum atomic E-state index is -0.396. The molecule has 0 saturated carbocycles. The summed E-state index contributed by atoms with van der Waals surface area (Å²) in [5, 5.41) is 0.811. The van der Waals surface area contributed by atoms with Crippen molar-refractivity contribution in [1.82, 2.24) is 9.97 Å². The van der Waals surface area contributed by atoms with Gasteiger partial charge < -0.3 is 19.9 Å². The summed E-state index contributed by atoms with van der Waals surface area (Å²) in [6.45, 7) is 2.54. The van der Waals surface area contributed by atoms with Gasteiger partial charge in [-0.1, -0.05) is 0 Å². The molecule has 0 radical (unpaired) electrons. The first-order valence-electron chi connectivity index (χ1n) is 6.30. The number of nitrogens with one attached hydrogen (secondary N) is 1. The Hall–Kier alpha value is -2.34. The Balaban J connectivity index is 1.85. The number of ether oxygens (including phenoxy) is 1. The largest absolute Gasteiger partial charge is 0.484 e. The van der Waals surface area contributed by atoms with Crippen LogP contribution in [-0.2, 0) is 13.2 Å². The van der Waals surface area contributed by atoms with Crippen molar-refractivity contribution in [3.63, 3.8) is 0 Å². The molecule has 3 aromatic rings. The lowest BCUT2D eigenvalue weighted by atomic mass is 10.2. The number of hydrogen-bond donors (Lipinski definition) is 2. The number of quaternary nitrogens is 1. The summed E-state index contributed by atoms with van der Waals surface area (Å²) in [6, 6.07) is 4.99. The molecule has 6 heteroatoms. The zero-order valence-electron chi connectivity index (χ0n) is 11.1. The van der Waals surface area contributed by atoms with E-state index in [0.717, 1.165) is 16.6 Å². The van der Waals surface area contributed by atoms with Crippen molar-refractivity contribution in [2.45, 2.75) is 20.1 Å². The number of aryl methyl sites for hydroxylation is 1. The van der Waals surface area contributed by atoms with Gasteiger partial charge in [-0.15, -0.1) is 0 Å². The van der Waals surface area contributed by atoms with E-state index in [1.165, 1.54) is 12.3 Å². The Morgan fingerprint density at radius 3 is 2.95 bits per heavy atom. The van der Waals surface area contributed by atoms with Crippen LogP contribution >= 0.6 is 0 Å². The van der Waals surface area contributed by atoms with Gasteiger partial charge in [0.05, 0.1) is 5.69 Å². The summed E-state index contributed by atoms with van der Waals surface area (Å²) < 4.78 is 24.5. The summed E-state index contributed by atoms with van der Waals surface area (Å²) in [6.07, 6.45) is 1.50. The molecule has 0 aliphatic carbocycles. The van der Waals surface area contributed by atoms with Crippen LogP contribution in [0.15, 0.2) is 28.9 Å². The molecule has 2 heterocycles. The zero-order valence-corrected chi connectivity index (χ0v) is 11.1. The number of aromatic amines is 1. The second kappa shape index (κ2) is 4.97.